The van der Waals surface area contributed by atoms with E-state index in [1.807, 2.05) is 32.9 Å². The number of halogens is 1. The van der Waals surface area contributed by atoms with Crippen molar-refractivity contribution in [3.63, 3.8) is 0 Å². The molecule has 1 unspecified atom stereocenters. The van der Waals surface area contributed by atoms with Gasteiger partial charge in [0.2, 0.25) is 5.91 Å². The highest BCUT2D eigenvalue weighted by molar-refractivity contribution is 8.00. The van der Waals surface area contributed by atoms with Gasteiger partial charge in [-0.15, -0.1) is 0 Å². The number of hydrogen-bond donors (Lipinski definition) is 1. The minimum atomic E-state index is -0.241. The zero-order valence-corrected chi connectivity index (χ0v) is 17.4. The highest BCUT2D eigenvalue weighted by atomic mass is 35.5. The predicted molar refractivity (Wildman–Crippen MR) is 109 cm³/mol. The lowest BCUT2D eigenvalue weighted by molar-refractivity contribution is -0.115. The number of rotatable bonds is 5. The van der Waals surface area contributed by atoms with Gasteiger partial charge >= 0.3 is 0 Å². The molecule has 2 aromatic rings. The first-order chi connectivity index (χ1) is 12.4. The maximum Gasteiger partial charge on any atom is 0.237 e. The van der Waals surface area contributed by atoms with Gasteiger partial charge in [-0.25, -0.2) is 4.98 Å². The van der Waals surface area contributed by atoms with E-state index in [9.17, 15) is 4.79 Å². The summed E-state index contributed by atoms with van der Waals surface area (Å²) in [7, 11) is 0. The minimum absolute atomic E-state index is 0.0309. The number of nitrogens with one attached hydrogen (secondary N) is 1. The topological polar surface area (TPSA) is 46.9 Å². The van der Waals surface area contributed by atoms with Crippen molar-refractivity contribution in [2.75, 3.05) is 5.32 Å². The van der Waals surface area contributed by atoms with E-state index in [0.717, 1.165) is 22.1 Å². The zero-order valence-electron chi connectivity index (χ0n) is 15.8. The van der Waals surface area contributed by atoms with Crippen LogP contribution >= 0.6 is 23.4 Å². The molecule has 3 rings (SSSR count). The van der Waals surface area contributed by atoms with Crippen LogP contribution in [0.4, 0.5) is 5.69 Å². The molecule has 1 aliphatic carbocycles. The number of amides is 1. The van der Waals surface area contributed by atoms with Gasteiger partial charge in [-0.1, -0.05) is 42.3 Å². The molecule has 0 spiro atoms. The Balaban J connectivity index is 1.75. The second-order valence-electron chi connectivity index (χ2n) is 7.08. The number of aryl methyl sites for hydroxylation is 2. The summed E-state index contributed by atoms with van der Waals surface area (Å²) in [4.78, 5) is 17.4. The number of imidazole rings is 1. The van der Waals surface area contributed by atoms with Gasteiger partial charge in [0.25, 0.3) is 0 Å². The fraction of sp³-hybridized carbons (Fsp3) is 0.500. The molecule has 1 aromatic carbocycles. The summed E-state index contributed by atoms with van der Waals surface area (Å²) in [5, 5.41) is 4.33. The van der Waals surface area contributed by atoms with Gasteiger partial charge in [-0.3, -0.25) is 4.79 Å². The summed E-state index contributed by atoms with van der Waals surface area (Å²) < 4.78 is 2.35. The second-order valence-corrected chi connectivity index (χ2v) is 8.83. The molecule has 1 aromatic heterocycles. The van der Waals surface area contributed by atoms with E-state index in [1.54, 1.807) is 6.07 Å². The third kappa shape index (κ3) is 4.09. The van der Waals surface area contributed by atoms with Crippen LogP contribution in [0.3, 0.4) is 0 Å². The highest BCUT2D eigenvalue weighted by Gasteiger charge is 2.26. The maximum atomic E-state index is 12.7. The van der Waals surface area contributed by atoms with E-state index >= 15 is 0 Å². The van der Waals surface area contributed by atoms with Crippen LogP contribution in [0.25, 0.3) is 0 Å². The molecule has 1 fully saturated rings. The quantitative estimate of drug-likeness (QED) is 0.665. The fourth-order valence-electron chi connectivity index (χ4n) is 3.45. The molecule has 0 saturated heterocycles. The van der Waals surface area contributed by atoms with E-state index in [0.29, 0.717) is 11.1 Å². The summed E-state index contributed by atoms with van der Waals surface area (Å²) in [5.41, 5.74) is 4.04. The Morgan fingerprint density at radius 1 is 1.31 bits per heavy atom. The Hall–Kier alpha value is -1.46. The average Bonchev–Trinajstić information content (AvgIpc) is 3.20. The van der Waals surface area contributed by atoms with Gasteiger partial charge in [0.15, 0.2) is 5.16 Å². The smallest absolute Gasteiger partial charge is 0.237 e. The second kappa shape index (κ2) is 8.05. The van der Waals surface area contributed by atoms with Crippen LogP contribution in [0.1, 0.15) is 55.6 Å². The third-order valence-electron chi connectivity index (χ3n) is 5.15. The molecule has 1 N–H and O–H groups in total. The van der Waals surface area contributed by atoms with Gasteiger partial charge < -0.3 is 9.88 Å². The van der Waals surface area contributed by atoms with Gasteiger partial charge in [0.05, 0.1) is 10.9 Å². The van der Waals surface area contributed by atoms with Crippen LogP contribution in [0, 0.1) is 20.8 Å². The molecule has 4 nitrogen and oxygen atoms in total. The molecule has 1 saturated carbocycles. The van der Waals surface area contributed by atoms with Crippen LogP contribution in [-0.4, -0.2) is 20.7 Å². The number of aromatic nitrogens is 2. The van der Waals surface area contributed by atoms with Gasteiger partial charge in [-0.2, -0.15) is 0 Å². The van der Waals surface area contributed by atoms with Crippen molar-refractivity contribution in [2.45, 2.75) is 69.8 Å². The van der Waals surface area contributed by atoms with Crippen LogP contribution in [0.15, 0.2) is 23.4 Å². The molecule has 1 heterocycles. The number of nitrogens with zero attached hydrogens (tertiary/aromatic N) is 2. The average molecular weight is 392 g/mol. The van der Waals surface area contributed by atoms with Gasteiger partial charge in [-0.05, 0) is 58.2 Å². The molecule has 140 valence electrons. The number of hydrogen-bond acceptors (Lipinski definition) is 3. The molecule has 1 aliphatic rings. The van der Waals surface area contributed by atoms with Crippen LogP contribution in [0.2, 0.25) is 5.02 Å². The monoisotopic (exact) mass is 391 g/mol. The predicted octanol–water partition coefficient (Wildman–Crippen LogP) is 5.70. The highest BCUT2D eigenvalue weighted by Crippen LogP contribution is 2.36. The molecule has 0 bridgehead atoms. The number of anilines is 1. The Kier molecular flexibility index (Phi) is 5.98. The Morgan fingerprint density at radius 3 is 2.69 bits per heavy atom. The molecular formula is C20H26ClN3OS. The number of thioether (sulfide) groups is 1. The summed E-state index contributed by atoms with van der Waals surface area (Å²) in [6, 6.07) is 6.05. The first-order valence-electron chi connectivity index (χ1n) is 9.16. The van der Waals surface area contributed by atoms with Crippen molar-refractivity contribution >= 4 is 35.0 Å². The SMILES string of the molecule is Cc1ccc(Cl)cc1NC(=O)C(C)Sc1nc(C)c(C)n1C1CCCC1. The van der Waals surface area contributed by atoms with Crippen LogP contribution < -0.4 is 5.32 Å². The normalized spacial score (nSPS) is 16.0. The Bertz CT molecular complexity index is 812. The lowest BCUT2D eigenvalue weighted by Gasteiger charge is -2.19. The molecule has 6 heteroatoms. The fourth-order valence-corrected chi connectivity index (χ4v) is 4.69. The van der Waals surface area contributed by atoms with E-state index in [2.05, 4.69) is 16.8 Å². The maximum absolute atomic E-state index is 12.7. The zero-order chi connectivity index (χ0) is 18.8. The molecule has 1 atom stereocenters. The van der Waals surface area contributed by atoms with Gasteiger partial charge in [0.1, 0.15) is 0 Å². The molecular weight excluding hydrogens is 366 g/mol. The van der Waals surface area contributed by atoms with E-state index in [1.165, 1.54) is 43.1 Å². The lowest BCUT2D eigenvalue weighted by atomic mass is 10.2. The summed E-state index contributed by atoms with van der Waals surface area (Å²) >= 11 is 7.59. The van der Waals surface area contributed by atoms with Crippen LogP contribution in [0.5, 0.6) is 0 Å². The summed E-state index contributed by atoms with van der Waals surface area (Å²) in [6.45, 7) is 8.07. The lowest BCUT2D eigenvalue weighted by Crippen LogP contribution is -2.23. The number of carbonyl (C=O) groups excluding carboxylic acids is 1. The van der Waals surface area contributed by atoms with E-state index < -0.39 is 0 Å². The molecule has 26 heavy (non-hydrogen) atoms. The van der Waals surface area contributed by atoms with E-state index in [4.69, 9.17) is 16.6 Å². The van der Waals surface area contributed by atoms with Crippen molar-refractivity contribution in [2.24, 2.45) is 0 Å². The van der Waals surface area contributed by atoms with Crippen molar-refractivity contribution in [3.05, 3.63) is 40.2 Å². The van der Waals surface area contributed by atoms with Crippen molar-refractivity contribution in [1.82, 2.24) is 9.55 Å². The molecule has 1 amide bonds. The van der Waals surface area contributed by atoms with Crippen molar-refractivity contribution in [1.29, 1.82) is 0 Å². The summed E-state index contributed by atoms with van der Waals surface area (Å²) in [6.07, 6.45) is 4.95. The first-order valence-corrected chi connectivity index (χ1v) is 10.4. The standard InChI is InChI=1S/C20H26ClN3OS/c1-12-9-10-16(21)11-18(12)23-19(25)15(4)26-20-22-13(2)14(3)24(20)17-7-5-6-8-17/h9-11,15,17H,5-8H2,1-4H3,(H,23,25). The number of carbonyl (C=O) groups is 1. The van der Waals surface area contributed by atoms with Gasteiger partial charge in [0, 0.05) is 22.4 Å². The van der Waals surface area contributed by atoms with Crippen molar-refractivity contribution < 1.29 is 4.79 Å². The number of benzene rings is 1. The minimum Gasteiger partial charge on any atom is -0.325 e. The first kappa shape index (κ1) is 19.3. The summed E-state index contributed by atoms with van der Waals surface area (Å²) in [5.74, 6) is -0.0309. The van der Waals surface area contributed by atoms with Crippen LogP contribution in [-0.2, 0) is 4.79 Å². The third-order valence-corrected chi connectivity index (χ3v) is 6.45. The Morgan fingerprint density at radius 2 is 2.00 bits per heavy atom. The Labute approximate surface area is 164 Å². The molecule has 0 radical (unpaired) electrons. The van der Waals surface area contributed by atoms with E-state index in [-0.39, 0.29) is 11.2 Å². The largest absolute Gasteiger partial charge is 0.325 e. The molecule has 0 aliphatic heterocycles. The van der Waals surface area contributed by atoms with Crippen molar-refractivity contribution in [3.8, 4) is 0 Å².